The number of carbonyl (C=O) groups excluding carboxylic acids is 1. The van der Waals surface area contributed by atoms with Gasteiger partial charge in [-0.25, -0.2) is 0 Å². The van der Waals surface area contributed by atoms with Crippen LogP contribution >= 0.6 is 0 Å². The number of hydrogen-bond acceptors (Lipinski definition) is 2. The first-order valence-corrected chi connectivity index (χ1v) is 8.08. The molecule has 1 aliphatic rings. The molecule has 0 heterocycles. The monoisotopic (exact) mass is 302 g/mol. The van der Waals surface area contributed by atoms with E-state index in [4.69, 9.17) is 0 Å². The second-order valence-corrected chi connectivity index (χ2v) is 5.60. The average molecular weight is 302 g/mol. The summed E-state index contributed by atoms with van der Waals surface area (Å²) in [6.07, 6.45) is 2.07. The molecular weight excluding hydrogens is 276 g/mol. The SMILES string of the molecule is CCNC(=NCCNC(=O)C1CC1)NC(C)c1ccccc1. The first-order chi connectivity index (χ1) is 10.7. The summed E-state index contributed by atoms with van der Waals surface area (Å²) in [6, 6.07) is 10.4. The van der Waals surface area contributed by atoms with E-state index >= 15 is 0 Å². The standard InChI is InChI=1S/C17H26N4O/c1-3-18-17(20-12-11-19-16(22)15-9-10-15)21-13(2)14-7-5-4-6-8-14/h4-8,13,15H,3,9-12H2,1-2H3,(H,19,22)(H2,18,20,21). The molecular formula is C17H26N4O. The highest BCUT2D eigenvalue weighted by atomic mass is 16.2. The number of aliphatic imine (C=N–C) groups is 1. The number of guanidine groups is 1. The minimum absolute atomic E-state index is 0.172. The van der Waals surface area contributed by atoms with E-state index in [2.05, 4.69) is 40.0 Å². The summed E-state index contributed by atoms with van der Waals surface area (Å²) >= 11 is 0. The number of rotatable bonds is 7. The number of amides is 1. The Hall–Kier alpha value is -2.04. The van der Waals surface area contributed by atoms with Gasteiger partial charge in [0.2, 0.25) is 5.91 Å². The summed E-state index contributed by atoms with van der Waals surface area (Å²) < 4.78 is 0. The molecule has 1 amide bonds. The molecule has 0 radical (unpaired) electrons. The number of benzene rings is 1. The first-order valence-electron chi connectivity index (χ1n) is 8.08. The van der Waals surface area contributed by atoms with Crippen molar-refractivity contribution in [2.75, 3.05) is 19.6 Å². The molecule has 0 bridgehead atoms. The minimum atomic E-state index is 0.172. The van der Waals surface area contributed by atoms with Crippen molar-refractivity contribution < 1.29 is 4.79 Å². The van der Waals surface area contributed by atoms with Crippen molar-refractivity contribution >= 4 is 11.9 Å². The maximum absolute atomic E-state index is 11.5. The van der Waals surface area contributed by atoms with Crippen molar-refractivity contribution in [2.24, 2.45) is 10.9 Å². The van der Waals surface area contributed by atoms with Crippen molar-refractivity contribution in [3.63, 3.8) is 0 Å². The van der Waals surface area contributed by atoms with Gasteiger partial charge >= 0.3 is 0 Å². The molecule has 5 heteroatoms. The van der Waals surface area contributed by atoms with Crippen LogP contribution in [0.4, 0.5) is 0 Å². The van der Waals surface area contributed by atoms with Gasteiger partial charge in [0.15, 0.2) is 5.96 Å². The quantitative estimate of drug-likeness (QED) is 0.409. The molecule has 120 valence electrons. The van der Waals surface area contributed by atoms with Gasteiger partial charge in [-0.3, -0.25) is 9.79 Å². The third-order valence-corrected chi connectivity index (χ3v) is 3.63. The Morgan fingerprint density at radius 2 is 2.00 bits per heavy atom. The lowest BCUT2D eigenvalue weighted by molar-refractivity contribution is -0.122. The zero-order valence-corrected chi connectivity index (χ0v) is 13.4. The molecule has 2 rings (SSSR count). The minimum Gasteiger partial charge on any atom is -0.357 e. The number of carbonyl (C=O) groups is 1. The molecule has 0 aliphatic heterocycles. The Labute approximate surface area is 132 Å². The topological polar surface area (TPSA) is 65.5 Å². The molecule has 0 spiro atoms. The molecule has 0 saturated heterocycles. The van der Waals surface area contributed by atoms with Crippen molar-refractivity contribution in [1.82, 2.24) is 16.0 Å². The molecule has 1 saturated carbocycles. The van der Waals surface area contributed by atoms with Crippen molar-refractivity contribution in [2.45, 2.75) is 32.7 Å². The molecule has 1 aliphatic carbocycles. The Morgan fingerprint density at radius 3 is 2.64 bits per heavy atom. The molecule has 0 aromatic heterocycles. The molecule has 22 heavy (non-hydrogen) atoms. The van der Waals surface area contributed by atoms with E-state index in [0.717, 1.165) is 25.3 Å². The highest BCUT2D eigenvalue weighted by molar-refractivity contribution is 5.81. The molecule has 1 fully saturated rings. The summed E-state index contributed by atoms with van der Waals surface area (Å²) in [5, 5.41) is 9.54. The second kappa shape index (κ2) is 8.41. The van der Waals surface area contributed by atoms with E-state index in [1.165, 1.54) is 5.56 Å². The lowest BCUT2D eigenvalue weighted by Gasteiger charge is -2.18. The normalized spacial score (nSPS) is 16.0. The lowest BCUT2D eigenvalue weighted by atomic mass is 10.1. The number of nitrogens with zero attached hydrogens (tertiary/aromatic N) is 1. The highest BCUT2D eigenvalue weighted by Crippen LogP contribution is 2.28. The third-order valence-electron chi connectivity index (χ3n) is 3.63. The zero-order valence-electron chi connectivity index (χ0n) is 13.4. The van der Waals surface area contributed by atoms with Gasteiger partial charge in [0.1, 0.15) is 0 Å². The van der Waals surface area contributed by atoms with Gasteiger partial charge in [0.25, 0.3) is 0 Å². The van der Waals surface area contributed by atoms with Gasteiger partial charge in [0.05, 0.1) is 12.6 Å². The van der Waals surface area contributed by atoms with E-state index in [-0.39, 0.29) is 17.9 Å². The van der Waals surface area contributed by atoms with Gasteiger partial charge in [-0.05, 0) is 32.3 Å². The lowest BCUT2D eigenvalue weighted by Crippen LogP contribution is -2.39. The highest BCUT2D eigenvalue weighted by Gasteiger charge is 2.28. The van der Waals surface area contributed by atoms with Crippen molar-refractivity contribution in [3.8, 4) is 0 Å². The molecule has 5 nitrogen and oxygen atoms in total. The Balaban J connectivity index is 1.79. The van der Waals surface area contributed by atoms with Crippen LogP contribution in [0.2, 0.25) is 0 Å². The van der Waals surface area contributed by atoms with Crippen LogP contribution in [0, 0.1) is 5.92 Å². The maximum Gasteiger partial charge on any atom is 0.223 e. The summed E-state index contributed by atoms with van der Waals surface area (Å²) in [6.45, 7) is 6.12. The summed E-state index contributed by atoms with van der Waals surface area (Å²) in [5.41, 5.74) is 1.22. The Kier molecular flexibility index (Phi) is 6.25. The van der Waals surface area contributed by atoms with E-state index in [1.807, 2.05) is 25.1 Å². The van der Waals surface area contributed by atoms with Crippen LogP contribution in [-0.2, 0) is 4.79 Å². The maximum atomic E-state index is 11.5. The fraction of sp³-hybridized carbons (Fsp3) is 0.529. The average Bonchev–Trinajstić information content (AvgIpc) is 3.37. The molecule has 1 aromatic rings. The molecule has 1 aromatic carbocycles. The van der Waals surface area contributed by atoms with Crippen LogP contribution in [0.5, 0.6) is 0 Å². The van der Waals surface area contributed by atoms with Gasteiger partial charge < -0.3 is 16.0 Å². The van der Waals surface area contributed by atoms with Crippen molar-refractivity contribution in [1.29, 1.82) is 0 Å². The fourth-order valence-corrected chi connectivity index (χ4v) is 2.19. The van der Waals surface area contributed by atoms with Crippen molar-refractivity contribution in [3.05, 3.63) is 35.9 Å². The number of nitrogens with one attached hydrogen (secondary N) is 3. The van der Waals surface area contributed by atoms with Gasteiger partial charge in [-0.1, -0.05) is 30.3 Å². The largest absolute Gasteiger partial charge is 0.357 e. The van der Waals surface area contributed by atoms with Crippen LogP contribution in [0.25, 0.3) is 0 Å². The molecule has 1 unspecified atom stereocenters. The van der Waals surface area contributed by atoms with E-state index < -0.39 is 0 Å². The molecule has 1 atom stereocenters. The molecule has 3 N–H and O–H groups in total. The van der Waals surface area contributed by atoms with Crippen LogP contribution in [0.15, 0.2) is 35.3 Å². The summed E-state index contributed by atoms with van der Waals surface area (Å²) in [7, 11) is 0. The van der Waals surface area contributed by atoms with E-state index in [1.54, 1.807) is 0 Å². The first kappa shape index (κ1) is 16.3. The zero-order chi connectivity index (χ0) is 15.8. The van der Waals surface area contributed by atoms with Crippen LogP contribution in [0.3, 0.4) is 0 Å². The number of hydrogen-bond donors (Lipinski definition) is 3. The van der Waals surface area contributed by atoms with Crippen LogP contribution < -0.4 is 16.0 Å². The van der Waals surface area contributed by atoms with E-state index in [0.29, 0.717) is 13.1 Å². The smallest absolute Gasteiger partial charge is 0.223 e. The predicted molar refractivity (Wildman–Crippen MR) is 89.7 cm³/mol. The summed E-state index contributed by atoms with van der Waals surface area (Å²) in [4.78, 5) is 16.1. The fourth-order valence-electron chi connectivity index (χ4n) is 2.19. The Morgan fingerprint density at radius 1 is 1.27 bits per heavy atom. The third kappa shape index (κ3) is 5.39. The van der Waals surface area contributed by atoms with Gasteiger partial charge in [-0.2, -0.15) is 0 Å². The van der Waals surface area contributed by atoms with Crippen LogP contribution in [0.1, 0.15) is 38.3 Å². The predicted octanol–water partition coefficient (Wildman–Crippen LogP) is 1.83. The van der Waals surface area contributed by atoms with Crippen LogP contribution in [-0.4, -0.2) is 31.5 Å². The summed E-state index contributed by atoms with van der Waals surface area (Å²) in [5.74, 6) is 1.21. The van der Waals surface area contributed by atoms with Gasteiger partial charge in [-0.15, -0.1) is 0 Å². The van der Waals surface area contributed by atoms with Gasteiger partial charge in [0, 0.05) is 19.0 Å². The second-order valence-electron chi connectivity index (χ2n) is 5.60. The van der Waals surface area contributed by atoms with E-state index in [9.17, 15) is 4.79 Å². The Bertz CT molecular complexity index is 497.